The molecule has 2 aromatic rings. The quantitative estimate of drug-likeness (QED) is 0.801. The monoisotopic (exact) mass is 333 g/mol. The van der Waals surface area contributed by atoms with Crippen molar-refractivity contribution in [1.29, 1.82) is 0 Å². The van der Waals surface area contributed by atoms with Gasteiger partial charge in [0.1, 0.15) is 4.88 Å². The summed E-state index contributed by atoms with van der Waals surface area (Å²) in [6.45, 7) is -0.389. The lowest BCUT2D eigenvalue weighted by molar-refractivity contribution is -0.146. The number of thiophene rings is 1. The van der Waals surface area contributed by atoms with Crippen molar-refractivity contribution in [3.63, 3.8) is 0 Å². The van der Waals surface area contributed by atoms with Gasteiger partial charge in [0, 0.05) is 15.1 Å². The van der Waals surface area contributed by atoms with Gasteiger partial charge < -0.3 is 15.5 Å². The van der Waals surface area contributed by atoms with Crippen LogP contribution >= 0.6 is 34.5 Å². The predicted molar refractivity (Wildman–Crippen MR) is 77.8 cm³/mol. The molecule has 1 aromatic carbocycles. The van der Waals surface area contributed by atoms with Gasteiger partial charge in [0.25, 0.3) is 5.91 Å². The second-order valence-electron chi connectivity index (χ2n) is 3.95. The lowest BCUT2D eigenvalue weighted by Crippen LogP contribution is -2.36. The summed E-state index contributed by atoms with van der Waals surface area (Å²) in [5.74, 6) is -1.94. The minimum Gasteiger partial charge on any atom is -0.479 e. The second kappa shape index (κ2) is 5.97. The third-order valence-corrected chi connectivity index (χ3v) is 4.43. The van der Waals surface area contributed by atoms with Crippen molar-refractivity contribution in [3.8, 4) is 0 Å². The Bertz CT molecular complexity index is 685. The van der Waals surface area contributed by atoms with Gasteiger partial charge in [-0.15, -0.1) is 11.3 Å². The van der Waals surface area contributed by atoms with E-state index in [1.807, 2.05) is 0 Å². The van der Waals surface area contributed by atoms with Gasteiger partial charge >= 0.3 is 5.97 Å². The largest absolute Gasteiger partial charge is 0.479 e. The van der Waals surface area contributed by atoms with Crippen LogP contribution < -0.4 is 5.32 Å². The summed E-state index contributed by atoms with van der Waals surface area (Å²) >= 11 is 13.1. The number of benzene rings is 1. The maximum absolute atomic E-state index is 11.9. The van der Waals surface area contributed by atoms with Crippen LogP contribution in [0.5, 0.6) is 0 Å². The van der Waals surface area contributed by atoms with Gasteiger partial charge in [0.05, 0.1) is 11.6 Å². The number of aliphatic carboxylic acids is 1. The van der Waals surface area contributed by atoms with Crippen molar-refractivity contribution >= 4 is 56.5 Å². The fraction of sp³-hybridized carbons (Fsp3) is 0.167. The Morgan fingerprint density at radius 3 is 2.70 bits per heavy atom. The van der Waals surface area contributed by atoms with E-state index in [1.54, 1.807) is 18.2 Å². The normalized spacial score (nSPS) is 12.3. The van der Waals surface area contributed by atoms with Crippen molar-refractivity contribution in [3.05, 3.63) is 33.1 Å². The average molecular weight is 334 g/mol. The molecule has 0 saturated carbocycles. The van der Waals surface area contributed by atoms with Crippen molar-refractivity contribution in [2.45, 2.75) is 6.10 Å². The minimum atomic E-state index is -1.65. The Morgan fingerprint density at radius 1 is 1.35 bits per heavy atom. The van der Waals surface area contributed by atoms with Crippen LogP contribution in [0.2, 0.25) is 10.0 Å². The maximum Gasteiger partial charge on any atom is 0.334 e. The van der Waals surface area contributed by atoms with Gasteiger partial charge in [-0.1, -0.05) is 29.3 Å². The molecule has 0 spiro atoms. The average Bonchev–Trinajstić information content (AvgIpc) is 2.72. The number of carbonyl (C=O) groups excluding carboxylic acids is 1. The van der Waals surface area contributed by atoms with Gasteiger partial charge in [-0.3, -0.25) is 4.79 Å². The zero-order valence-electron chi connectivity index (χ0n) is 9.89. The van der Waals surface area contributed by atoms with Crippen LogP contribution in [0.15, 0.2) is 18.2 Å². The van der Waals surface area contributed by atoms with Gasteiger partial charge in [-0.25, -0.2) is 4.79 Å². The van der Waals surface area contributed by atoms with Crippen LogP contribution in [-0.2, 0) is 4.79 Å². The number of hydrogen-bond donors (Lipinski definition) is 3. The number of nitrogens with one attached hydrogen (secondary N) is 1. The molecule has 1 aromatic heterocycles. The number of carboxylic acid groups (broad SMARTS) is 1. The summed E-state index contributed by atoms with van der Waals surface area (Å²) < 4.78 is 0.756. The molecule has 1 unspecified atom stereocenters. The summed E-state index contributed by atoms with van der Waals surface area (Å²) in [5, 5.41) is 21.5. The van der Waals surface area contributed by atoms with E-state index in [-0.39, 0.29) is 16.4 Å². The van der Waals surface area contributed by atoms with E-state index in [1.165, 1.54) is 0 Å². The van der Waals surface area contributed by atoms with Gasteiger partial charge in [-0.05, 0) is 12.1 Å². The number of fused-ring (bicyclic) bond motifs is 1. The zero-order valence-corrected chi connectivity index (χ0v) is 12.2. The highest BCUT2D eigenvalue weighted by molar-refractivity contribution is 7.21. The molecule has 1 heterocycles. The molecule has 0 aliphatic carbocycles. The highest BCUT2D eigenvalue weighted by Crippen LogP contribution is 2.36. The van der Waals surface area contributed by atoms with E-state index < -0.39 is 18.0 Å². The molecular weight excluding hydrogens is 325 g/mol. The fourth-order valence-electron chi connectivity index (χ4n) is 1.54. The topological polar surface area (TPSA) is 86.6 Å². The van der Waals surface area contributed by atoms with Crippen molar-refractivity contribution < 1.29 is 19.8 Å². The zero-order chi connectivity index (χ0) is 14.9. The second-order valence-corrected chi connectivity index (χ2v) is 5.82. The lowest BCUT2D eigenvalue weighted by atomic mass is 10.2. The Kier molecular flexibility index (Phi) is 4.49. The lowest BCUT2D eigenvalue weighted by Gasteiger charge is -2.06. The third-order valence-electron chi connectivity index (χ3n) is 2.54. The molecule has 0 radical (unpaired) electrons. The summed E-state index contributed by atoms with van der Waals surface area (Å²) in [7, 11) is 0. The molecule has 8 heteroatoms. The molecule has 1 amide bonds. The Morgan fingerprint density at radius 2 is 2.05 bits per heavy atom. The molecule has 3 N–H and O–H groups in total. The summed E-state index contributed by atoms with van der Waals surface area (Å²) in [6.07, 6.45) is -1.65. The minimum absolute atomic E-state index is 0.251. The van der Waals surface area contributed by atoms with E-state index in [0.29, 0.717) is 10.4 Å². The molecule has 5 nitrogen and oxygen atoms in total. The number of carboxylic acids is 1. The number of aliphatic hydroxyl groups is 1. The van der Waals surface area contributed by atoms with Crippen LogP contribution in [-0.4, -0.2) is 34.7 Å². The highest BCUT2D eigenvalue weighted by Gasteiger charge is 2.19. The fourth-order valence-corrected chi connectivity index (χ4v) is 3.25. The van der Waals surface area contributed by atoms with E-state index >= 15 is 0 Å². The van der Waals surface area contributed by atoms with Gasteiger partial charge in [0.2, 0.25) is 0 Å². The first-order valence-corrected chi connectivity index (χ1v) is 7.04. The number of amides is 1. The molecule has 0 fully saturated rings. The SMILES string of the molecule is O=C(NCC(O)C(=O)O)c1sc2cc(Cl)ccc2c1Cl. The van der Waals surface area contributed by atoms with Crippen LogP contribution in [0.25, 0.3) is 10.1 Å². The number of carbonyl (C=O) groups is 2. The maximum atomic E-state index is 11.9. The highest BCUT2D eigenvalue weighted by atomic mass is 35.5. The van der Waals surface area contributed by atoms with Crippen LogP contribution in [0.4, 0.5) is 0 Å². The van der Waals surface area contributed by atoms with E-state index in [9.17, 15) is 9.59 Å². The Labute approximate surface area is 127 Å². The van der Waals surface area contributed by atoms with Crippen LogP contribution in [0, 0.1) is 0 Å². The summed E-state index contributed by atoms with van der Waals surface area (Å²) in [6, 6.07) is 5.06. The summed E-state index contributed by atoms with van der Waals surface area (Å²) in [5.41, 5.74) is 0. The number of halogens is 2. The third kappa shape index (κ3) is 3.04. The number of rotatable bonds is 4. The molecule has 0 aliphatic heterocycles. The summed E-state index contributed by atoms with van der Waals surface area (Å²) in [4.78, 5) is 22.6. The molecular formula is C12H9Cl2NO4S. The van der Waals surface area contributed by atoms with Crippen molar-refractivity contribution in [1.82, 2.24) is 5.32 Å². The van der Waals surface area contributed by atoms with E-state index in [2.05, 4.69) is 5.32 Å². The molecule has 0 aliphatic rings. The Balaban J connectivity index is 2.22. The number of aliphatic hydroxyl groups excluding tert-OH is 1. The van der Waals surface area contributed by atoms with Gasteiger partial charge in [0.15, 0.2) is 6.10 Å². The molecule has 106 valence electrons. The molecule has 2 rings (SSSR count). The first-order chi connectivity index (χ1) is 9.40. The standard InChI is InChI=1S/C12H9Cl2NO4S/c13-5-1-2-6-8(3-5)20-10(9(6)14)11(17)15-4-7(16)12(18)19/h1-3,7,16H,4H2,(H,15,17)(H,18,19). The van der Waals surface area contributed by atoms with Crippen LogP contribution in [0.3, 0.4) is 0 Å². The first-order valence-electron chi connectivity index (χ1n) is 5.46. The molecule has 20 heavy (non-hydrogen) atoms. The van der Waals surface area contributed by atoms with Crippen LogP contribution in [0.1, 0.15) is 9.67 Å². The smallest absolute Gasteiger partial charge is 0.334 e. The molecule has 0 bridgehead atoms. The van der Waals surface area contributed by atoms with E-state index in [0.717, 1.165) is 16.0 Å². The Hall–Kier alpha value is -1.34. The predicted octanol–water partition coefficient (Wildman–Crippen LogP) is 2.38. The molecule has 0 saturated heterocycles. The molecule has 1 atom stereocenters. The van der Waals surface area contributed by atoms with Crippen molar-refractivity contribution in [2.24, 2.45) is 0 Å². The van der Waals surface area contributed by atoms with Crippen molar-refractivity contribution in [2.75, 3.05) is 6.54 Å². The van der Waals surface area contributed by atoms with E-state index in [4.69, 9.17) is 33.4 Å². The number of hydrogen-bond acceptors (Lipinski definition) is 4. The first kappa shape index (κ1) is 15.1. The van der Waals surface area contributed by atoms with Gasteiger partial charge in [-0.2, -0.15) is 0 Å².